The number of Topliss-reactive ketones (excluding diaryl/α,β-unsaturated/α-hetero) is 1. The molecule has 0 saturated carbocycles. The molecule has 0 amide bonds. The van der Waals surface area contributed by atoms with Gasteiger partial charge in [0.15, 0.2) is 0 Å². The Hall–Kier alpha value is -0.860. The van der Waals surface area contributed by atoms with Crippen LogP contribution < -0.4 is 0 Å². The van der Waals surface area contributed by atoms with Crippen molar-refractivity contribution in [1.82, 2.24) is 0 Å². The fraction of sp³-hybridized carbons (Fsp3) is 0.417. The topological polar surface area (TPSA) is 37.3 Å². The largest absolute Gasteiger partial charge is 0.396 e. The van der Waals surface area contributed by atoms with Gasteiger partial charge in [-0.2, -0.15) is 0 Å². The average molecular weight is 227 g/mol. The maximum Gasteiger partial charge on any atom is 0.133 e. The summed E-state index contributed by atoms with van der Waals surface area (Å²) < 4.78 is 0. The second-order valence-electron chi connectivity index (χ2n) is 3.65. The van der Waals surface area contributed by atoms with E-state index in [1.807, 2.05) is 24.3 Å². The monoisotopic (exact) mass is 226 g/mol. The van der Waals surface area contributed by atoms with Crippen LogP contribution in [0.15, 0.2) is 24.3 Å². The van der Waals surface area contributed by atoms with Crippen molar-refractivity contribution in [1.29, 1.82) is 0 Å². The number of carbonyl (C=O) groups is 1. The molecule has 1 atom stereocenters. The van der Waals surface area contributed by atoms with Crippen molar-refractivity contribution in [2.45, 2.75) is 19.8 Å². The van der Waals surface area contributed by atoms with Gasteiger partial charge in [0, 0.05) is 17.5 Å². The smallest absolute Gasteiger partial charge is 0.133 e. The predicted molar refractivity (Wildman–Crippen MR) is 61.0 cm³/mol. The van der Waals surface area contributed by atoms with Crippen molar-refractivity contribution in [3.05, 3.63) is 34.9 Å². The highest BCUT2D eigenvalue weighted by Gasteiger charge is 2.13. The van der Waals surface area contributed by atoms with Gasteiger partial charge in [-0.15, -0.1) is 0 Å². The first-order valence-electron chi connectivity index (χ1n) is 4.99. The quantitative estimate of drug-likeness (QED) is 0.838. The Kier molecular flexibility index (Phi) is 4.79. The SMILES string of the molecule is CC(=O)C(CCO)Cc1ccc(Cl)cc1. The van der Waals surface area contributed by atoms with Gasteiger partial charge in [0.05, 0.1) is 0 Å². The van der Waals surface area contributed by atoms with E-state index in [0.717, 1.165) is 5.56 Å². The Bertz CT molecular complexity index is 319. The molecule has 15 heavy (non-hydrogen) atoms. The number of rotatable bonds is 5. The van der Waals surface area contributed by atoms with Crippen LogP contribution in [-0.2, 0) is 11.2 Å². The number of carbonyl (C=O) groups excluding carboxylic acids is 1. The molecule has 1 N–H and O–H groups in total. The lowest BCUT2D eigenvalue weighted by Crippen LogP contribution is -2.15. The van der Waals surface area contributed by atoms with Crippen LogP contribution in [0.3, 0.4) is 0 Å². The van der Waals surface area contributed by atoms with Gasteiger partial charge in [0.2, 0.25) is 0 Å². The van der Waals surface area contributed by atoms with Crippen molar-refractivity contribution in [3.8, 4) is 0 Å². The number of benzene rings is 1. The molecule has 0 bridgehead atoms. The summed E-state index contributed by atoms with van der Waals surface area (Å²) in [5, 5.41) is 9.53. The van der Waals surface area contributed by atoms with Gasteiger partial charge in [0.25, 0.3) is 0 Å². The second kappa shape index (κ2) is 5.89. The van der Waals surface area contributed by atoms with Crippen LogP contribution in [0.4, 0.5) is 0 Å². The zero-order valence-corrected chi connectivity index (χ0v) is 9.50. The number of hydrogen-bond donors (Lipinski definition) is 1. The summed E-state index contributed by atoms with van der Waals surface area (Å²) in [6.07, 6.45) is 1.20. The van der Waals surface area contributed by atoms with Crippen LogP contribution in [-0.4, -0.2) is 17.5 Å². The van der Waals surface area contributed by atoms with Crippen LogP contribution in [0.1, 0.15) is 18.9 Å². The number of hydrogen-bond acceptors (Lipinski definition) is 2. The van der Waals surface area contributed by atoms with Crippen molar-refractivity contribution >= 4 is 17.4 Å². The molecule has 0 radical (unpaired) electrons. The average Bonchev–Trinajstić information content (AvgIpc) is 2.20. The molecule has 0 fully saturated rings. The first-order valence-corrected chi connectivity index (χ1v) is 5.37. The zero-order valence-electron chi connectivity index (χ0n) is 8.74. The Morgan fingerprint density at radius 2 is 2.00 bits per heavy atom. The third kappa shape index (κ3) is 4.02. The first-order chi connectivity index (χ1) is 7.13. The summed E-state index contributed by atoms with van der Waals surface area (Å²) >= 11 is 5.76. The molecule has 82 valence electrons. The van der Waals surface area contributed by atoms with Crippen LogP contribution in [0.25, 0.3) is 0 Å². The predicted octanol–water partition coefficient (Wildman–Crippen LogP) is 2.47. The van der Waals surface area contributed by atoms with Gasteiger partial charge in [0.1, 0.15) is 5.78 Å². The van der Waals surface area contributed by atoms with Crippen LogP contribution >= 0.6 is 11.6 Å². The lowest BCUT2D eigenvalue weighted by molar-refractivity contribution is -0.121. The van der Waals surface area contributed by atoms with Gasteiger partial charge >= 0.3 is 0 Å². The van der Waals surface area contributed by atoms with E-state index in [9.17, 15) is 4.79 Å². The molecule has 0 saturated heterocycles. The van der Waals surface area contributed by atoms with E-state index < -0.39 is 0 Å². The molecule has 0 aromatic heterocycles. The van der Waals surface area contributed by atoms with E-state index in [0.29, 0.717) is 17.9 Å². The van der Waals surface area contributed by atoms with E-state index in [1.165, 1.54) is 0 Å². The first kappa shape index (κ1) is 12.2. The van der Waals surface area contributed by atoms with Crippen molar-refractivity contribution in [2.24, 2.45) is 5.92 Å². The Morgan fingerprint density at radius 3 is 2.47 bits per heavy atom. The molecule has 1 aromatic rings. The summed E-state index contributed by atoms with van der Waals surface area (Å²) in [6, 6.07) is 7.45. The number of ketones is 1. The third-order valence-corrected chi connectivity index (χ3v) is 2.70. The van der Waals surface area contributed by atoms with Gasteiger partial charge in [-0.1, -0.05) is 23.7 Å². The highest BCUT2D eigenvalue weighted by molar-refractivity contribution is 6.30. The highest BCUT2D eigenvalue weighted by atomic mass is 35.5. The molecular weight excluding hydrogens is 212 g/mol. The fourth-order valence-electron chi connectivity index (χ4n) is 1.51. The summed E-state index contributed by atoms with van der Waals surface area (Å²) in [5.74, 6) is 0.0372. The summed E-state index contributed by atoms with van der Waals surface area (Å²) in [7, 11) is 0. The molecule has 0 heterocycles. The summed E-state index contributed by atoms with van der Waals surface area (Å²) in [5.41, 5.74) is 1.08. The Labute approximate surface area is 94.9 Å². The standard InChI is InChI=1S/C12H15ClO2/c1-9(15)11(6-7-14)8-10-2-4-12(13)5-3-10/h2-5,11,14H,6-8H2,1H3. The van der Waals surface area contributed by atoms with E-state index in [1.54, 1.807) is 6.92 Å². The van der Waals surface area contributed by atoms with E-state index in [-0.39, 0.29) is 18.3 Å². The van der Waals surface area contributed by atoms with Gasteiger partial charge < -0.3 is 5.11 Å². The number of halogens is 1. The van der Waals surface area contributed by atoms with Gasteiger partial charge in [-0.3, -0.25) is 4.79 Å². The van der Waals surface area contributed by atoms with Crippen molar-refractivity contribution < 1.29 is 9.90 Å². The lowest BCUT2D eigenvalue weighted by atomic mass is 9.93. The van der Waals surface area contributed by atoms with Gasteiger partial charge in [-0.25, -0.2) is 0 Å². The molecule has 0 aliphatic heterocycles. The molecule has 0 aliphatic rings. The summed E-state index contributed by atoms with van der Waals surface area (Å²) in [4.78, 5) is 11.3. The minimum absolute atomic E-state index is 0.0534. The molecule has 1 rings (SSSR count). The molecule has 3 heteroatoms. The van der Waals surface area contributed by atoms with E-state index >= 15 is 0 Å². The van der Waals surface area contributed by atoms with Crippen LogP contribution in [0.5, 0.6) is 0 Å². The van der Waals surface area contributed by atoms with E-state index in [4.69, 9.17) is 16.7 Å². The zero-order chi connectivity index (χ0) is 11.3. The highest BCUT2D eigenvalue weighted by Crippen LogP contribution is 2.16. The van der Waals surface area contributed by atoms with Gasteiger partial charge in [-0.05, 0) is 37.5 Å². The lowest BCUT2D eigenvalue weighted by Gasteiger charge is -2.12. The van der Waals surface area contributed by atoms with E-state index in [2.05, 4.69) is 0 Å². The third-order valence-electron chi connectivity index (χ3n) is 2.45. The minimum Gasteiger partial charge on any atom is -0.396 e. The molecule has 2 nitrogen and oxygen atoms in total. The van der Waals surface area contributed by atoms with Crippen molar-refractivity contribution in [2.75, 3.05) is 6.61 Å². The molecular formula is C12H15ClO2. The molecule has 0 spiro atoms. The van der Waals surface area contributed by atoms with Crippen LogP contribution in [0.2, 0.25) is 5.02 Å². The normalized spacial score (nSPS) is 12.5. The second-order valence-corrected chi connectivity index (χ2v) is 4.09. The molecule has 0 aliphatic carbocycles. The summed E-state index contributed by atoms with van der Waals surface area (Å²) in [6.45, 7) is 1.62. The minimum atomic E-state index is -0.0869. The Balaban J connectivity index is 2.65. The molecule has 1 aromatic carbocycles. The number of aliphatic hydroxyl groups excluding tert-OH is 1. The van der Waals surface area contributed by atoms with Crippen LogP contribution in [0, 0.1) is 5.92 Å². The maximum absolute atomic E-state index is 11.3. The number of aliphatic hydroxyl groups is 1. The molecule has 1 unspecified atom stereocenters. The fourth-order valence-corrected chi connectivity index (χ4v) is 1.64. The van der Waals surface area contributed by atoms with Crippen molar-refractivity contribution in [3.63, 3.8) is 0 Å². The Morgan fingerprint density at radius 1 is 1.40 bits per heavy atom. The maximum atomic E-state index is 11.3.